The number of hydrogen-bond donors (Lipinski definition) is 2. The van der Waals surface area contributed by atoms with Crippen molar-refractivity contribution in [1.82, 2.24) is 4.90 Å². The molecule has 0 bridgehead atoms. The third kappa shape index (κ3) is 2.45. The van der Waals surface area contributed by atoms with Crippen molar-refractivity contribution in [2.24, 2.45) is 5.92 Å². The monoisotopic (exact) mass is 201 g/mol. The molecule has 82 valence electrons. The molecule has 1 rings (SSSR count). The highest BCUT2D eigenvalue weighted by atomic mass is 16.4. The van der Waals surface area contributed by atoms with Gasteiger partial charge in [0.15, 0.2) is 0 Å². The topological polar surface area (TPSA) is 60.8 Å². The smallest absolute Gasteiger partial charge is 0.309 e. The summed E-state index contributed by atoms with van der Waals surface area (Å²) in [6, 6.07) is 0. The van der Waals surface area contributed by atoms with E-state index in [0.29, 0.717) is 19.6 Å². The van der Waals surface area contributed by atoms with Crippen molar-refractivity contribution in [1.29, 1.82) is 0 Å². The van der Waals surface area contributed by atoms with Crippen molar-refractivity contribution in [3.05, 3.63) is 0 Å². The first-order valence-corrected chi connectivity index (χ1v) is 5.18. The van der Waals surface area contributed by atoms with Gasteiger partial charge in [-0.1, -0.05) is 13.8 Å². The van der Waals surface area contributed by atoms with Crippen LogP contribution in [0.1, 0.15) is 26.7 Å². The Labute approximate surface area is 84.5 Å². The number of likely N-dealkylation sites (tertiary alicyclic amines) is 1. The predicted molar refractivity (Wildman–Crippen MR) is 53.1 cm³/mol. The summed E-state index contributed by atoms with van der Waals surface area (Å²) < 4.78 is 0. The van der Waals surface area contributed by atoms with Crippen molar-refractivity contribution >= 4 is 5.97 Å². The van der Waals surface area contributed by atoms with Crippen LogP contribution in [-0.2, 0) is 4.79 Å². The van der Waals surface area contributed by atoms with Crippen LogP contribution in [0.5, 0.6) is 0 Å². The minimum atomic E-state index is -0.724. The molecule has 1 heterocycles. The second-order valence-electron chi connectivity index (χ2n) is 4.16. The normalized spacial score (nSPS) is 19.4. The molecule has 4 heteroatoms. The van der Waals surface area contributed by atoms with E-state index >= 15 is 0 Å². The Balaban J connectivity index is 2.31. The highest BCUT2D eigenvalue weighted by Crippen LogP contribution is 2.22. The maximum absolute atomic E-state index is 10.5. The number of carbonyl (C=O) groups is 1. The van der Waals surface area contributed by atoms with E-state index in [0.717, 1.165) is 12.8 Å². The molecule has 1 fully saturated rings. The lowest BCUT2D eigenvalue weighted by atomic mass is 9.92. The number of hydrogen-bond acceptors (Lipinski definition) is 3. The van der Waals surface area contributed by atoms with E-state index in [-0.39, 0.29) is 5.92 Å². The van der Waals surface area contributed by atoms with Gasteiger partial charge < -0.3 is 10.2 Å². The highest BCUT2D eigenvalue weighted by molar-refractivity contribution is 5.71. The fourth-order valence-electron chi connectivity index (χ4n) is 1.74. The quantitative estimate of drug-likeness (QED) is 0.682. The fraction of sp³-hybridized carbons (Fsp3) is 0.900. The van der Waals surface area contributed by atoms with Gasteiger partial charge in [-0.15, -0.1) is 0 Å². The van der Waals surface area contributed by atoms with E-state index in [4.69, 9.17) is 5.11 Å². The predicted octanol–water partition coefficient (Wildman–Crippen LogP) is 0.554. The number of carboxylic acids is 1. The summed E-state index contributed by atoms with van der Waals surface area (Å²) in [5.74, 6) is -0.953. The Hall–Kier alpha value is -0.610. The van der Waals surface area contributed by atoms with E-state index < -0.39 is 11.6 Å². The molecule has 0 aliphatic carbocycles. The van der Waals surface area contributed by atoms with Gasteiger partial charge in [0, 0.05) is 19.6 Å². The molecule has 14 heavy (non-hydrogen) atoms. The zero-order valence-electron chi connectivity index (χ0n) is 8.86. The summed E-state index contributed by atoms with van der Waals surface area (Å²) in [6.07, 6.45) is 1.44. The molecule has 0 aromatic heterocycles. The van der Waals surface area contributed by atoms with Gasteiger partial charge in [-0.3, -0.25) is 9.69 Å². The Morgan fingerprint density at radius 1 is 1.43 bits per heavy atom. The van der Waals surface area contributed by atoms with Crippen molar-refractivity contribution < 1.29 is 15.0 Å². The molecular weight excluding hydrogens is 182 g/mol. The number of nitrogens with zero attached hydrogens (tertiary/aromatic N) is 1. The van der Waals surface area contributed by atoms with Gasteiger partial charge in [-0.05, 0) is 12.8 Å². The maximum Gasteiger partial charge on any atom is 0.309 e. The van der Waals surface area contributed by atoms with Crippen molar-refractivity contribution in [2.45, 2.75) is 32.3 Å². The molecule has 0 saturated carbocycles. The van der Waals surface area contributed by atoms with Crippen molar-refractivity contribution in [3.63, 3.8) is 0 Å². The third-order valence-corrected chi connectivity index (χ3v) is 3.14. The SMILES string of the molecule is CCC(O)(CC)CN1CC(C(=O)O)C1. The molecule has 0 aromatic rings. The van der Waals surface area contributed by atoms with Crippen LogP contribution in [0.25, 0.3) is 0 Å². The van der Waals surface area contributed by atoms with Crippen LogP contribution in [0, 0.1) is 5.92 Å². The second-order valence-corrected chi connectivity index (χ2v) is 4.16. The third-order valence-electron chi connectivity index (χ3n) is 3.14. The first kappa shape index (κ1) is 11.5. The van der Waals surface area contributed by atoms with Gasteiger partial charge in [0.05, 0.1) is 11.5 Å². The van der Waals surface area contributed by atoms with E-state index in [1.54, 1.807) is 0 Å². The van der Waals surface area contributed by atoms with Gasteiger partial charge in [-0.25, -0.2) is 0 Å². The summed E-state index contributed by atoms with van der Waals surface area (Å²) in [5.41, 5.74) is -0.635. The van der Waals surface area contributed by atoms with Gasteiger partial charge in [0.1, 0.15) is 0 Å². The maximum atomic E-state index is 10.5. The number of aliphatic hydroxyl groups is 1. The van der Waals surface area contributed by atoms with Crippen LogP contribution in [0.2, 0.25) is 0 Å². The first-order chi connectivity index (χ1) is 6.50. The lowest BCUT2D eigenvalue weighted by Gasteiger charge is -2.41. The van der Waals surface area contributed by atoms with E-state index in [1.165, 1.54) is 0 Å². The largest absolute Gasteiger partial charge is 0.481 e. The zero-order chi connectivity index (χ0) is 10.8. The van der Waals surface area contributed by atoms with Crippen molar-refractivity contribution in [2.75, 3.05) is 19.6 Å². The summed E-state index contributed by atoms with van der Waals surface area (Å²) >= 11 is 0. The summed E-state index contributed by atoms with van der Waals surface area (Å²) in [4.78, 5) is 12.5. The van der Waals surface area contributed by atoms with E-state index in [1.807, 2.05) is 18.7 Å². The molecule has 0 atom stereocenters. The summed E-state index contributed by atoms with van der Waals surface area (Å²) in [5, 5.41) is 18.7. The van der Waals surface area contributed by atoms with Crippen LogP contribution in [0.4, 0.5) is 0 Å². The highest BCUT2D eigenvalue weighted by Gasteiger charge is 2.36. The van der Waals surface area contributed by atoms with Crippen molar-refractivity contribution in [3.8, 4) is 0 Å². The second kappa shape index (κ2) is 4.28. The number of carboxylic acid groups (broad SMARTS) is 1. The van der Waals surface area contributed by atoms with Gasteiger partial charge in [-0.2, -0.15) is 0 Å². The number of aliphatic carboxylic acids is 1. The van der Waals surface area contributed by atoms with Gasteiger partial charge >= 0.3 is 5.97 Å². The lowest BCUT2D eigenvalue weighted by Crippen LogP contribution is -2.55. The molecule has 0 radical (unpaired) electrons. The van der Waals surface area contributed by atoms with Crippen LogP contribution < -0.4 is 0 Å². The molecule has 1 saturated heterocycles. The first-order valence-electron chi connectivity index (χ1n) is 5.18. The van der Waals surface area contributed by atoms with Crippen LogP contribution >= 0.6 is 0 Å². The fourth-order valence-corrected chi connectivity index (χ4v) is 1.74. The Kier molecular flexibility index (Phi) is 3.50. The molecule has 1 aliphatic rings. The van der Waals surface area contributed by atoms with E-state index in [9.17, 15) is 9.90 Å². The molecule has 0 aromatic carbocycles. The minimum absolute atomic E-state index is 0.229. The average molecular weight is 201 g/mol. The van der Waals surface area contributed by atoms with Crippen LogP contribution in [0.3, 0.4) is 0 Å². The zero-order valence-corrected chi connectivity index (χ0v) is 8.86. The minimum Gasteiger partial charge on any atom is -0.481 e. The Morgan fingerprint density at radius 3 is 2.29 bits per heavy atom. The van der Waals surface area contributed by atoms with Gasteiger partial charge in [0.25, 0.3) is 0 Å². The summed E-state index contributed by atoms with van der Waals surface area (Å²) in [6.45, 7) is 5.68. The molecule has 2 N–H and O–H groups in total. The average Bonchev–Trinajstić information content (AvgIpc) is 2.09. The molecule has 0 spiro atoms. The molecule has 4 nitrogen and oxygen atoms in total. The van der Waals surface area contributed by atoms with E-state index in [2.05, 4.69) is 0 Å². The standard InChI is InChI=1S/C10H19NO3/c1-3-10(14,4-2)7-11-5-8(6-11)9(12)13/h8,14H,3-7H2,1-2H3,(H,12,13). The molecule has 1 aliphatic heterocycles. The molecular formula is C10H19NO3. The number of rotatable bonds is 5. The Bertz CT molecular complexity index is 207. The van der Waals surface area contributed by atoms with Crippen LogP contribution in [0.15, 0.2) is 0 Å². The Morgan fingerprint density at radius 2 is 1.93 bits per heavy atom. The summed E-state index contributed by atoms with van der Waals surface area (Å²) in [7, 11) is 0. The number of β-amino-alcohol motifs (C(OH)–C–C–N with tert-alkyl or cyclic N) is 1. The van der Waals surface area contributed by atoms with Gasteiger partial charge in [0.2, 0.25) is 0 Å². The molecule has 0 amide bonds. The lowest BCUT2D eigenvalue weighted by molar-refractivity contribution is -0.149. The van der Waals surface area contributed by atoms with Crippen LogP contribution in [-0.4, -0.2) is 46.3 Å². The molecule has 0 unspecified atom stereocenters.